The first-order valence-corrected chi connectivity index (χ1v) is 14.2. The molecule has 1 aromatic carbocycles. The summed E-state index contributed by atoms with van der Waals surface area (Å²) >= 11 is 0. The highest BCUT2D eigenvalue weighted by Crippen LogP contribution is 2.59. The quantitative estimate of drug-likeness (QED) is 0.475. The largest absolute Gasteiger partial charge is 0.338 e. The van der Waals surface area contributed by atoms with Gasteiger partial charge in [-0.15, -0.1) is 0 Å². The summed E-state index contributed by atoms with van der Waals surface area (Å²) in [5, 5.41) is 3.01. The molecular formula is C30H46N4O2. The predicted molar refractivity (Wildman–Crippen MR) is 146 cm³/mol. The van der Waals surface area contributed by atoms with Gasteiger partial charge in [-0.3, -0.25) is 9.69 Å². The van der Waals surface area contributed by atoms with Crippen LogP contribution >= 0.6 is 0 Å². The van der Waals surface area contributed by atoms with Crippen molar-refractivity contribution < 1.29 is 9.59 Å². The molecule has 6 heteroatoms. The van der Waals surface area contributed by atoms with Crippen molar-refractivity contribution in [2.45, 2.75) is 59.8 Å². The van der Waals surface area contributed by atoms with Crippen LogP contribution in [0.5, 0.6) is 0 Å². The average Bonchev–Trinajstić information content (AvgIpc) is 2.90. The van der Waals surface area contributed by atoms with E-state index in [-0.39, 0.29) is 11.9 Å². The van der Waals surface area contributed by atoms with Crippen molar-refractivity contribution in [2.24, 2.45) is 17.3 Å². The predicted octanol–water partition coefficient (Wildman–Crippen LogP) is 4.81. The molecule has 1 aromatic rings. The van der Waals surface area contributed by atoms with Gasteiger partial charge in [0.15, 0.2) is 0 Å². The molecule has 0 aromatic heterocycles. The monoisotopic (exact) mass is 494 g/mol. The zero-order valence-electron chi connectivity index (χ0n) is 22.9. The molecule has 1 aliphatic heterocycles. The van der Waals surface area contributed by atoms with E-state index in [1.54, 1.807) is 0 Å². The Morgan fingerprint density at radius 1 is 1.08 bits per heavy atom. The zero-order chi connectivity index (χ0) is 25.7. The van der Waals surface area contributed by atoms with Crippen LogP contribution in [0.25, 0.3) is 0 Å². The van der Waals surface area contributed by atoms with Gasteiger partial charge in [0.05, 0.1) is 0 Å². The fourth-order valence-electron chi connectivity index (χ4n) is 6.21. The maximum absolute atomic E-state index is 13.0. The number of unbranched alkanes of at least 4 members (excludes halogenated alkanes) is 1. The van der Waals surface area contributed by atoms with E-state index in [9.17, 15) is 9.59 Å². The van der Waals surface area contributed by atoms with Gasteiger partial charge in [-0.1, -0.05) is 51.0 Å². The molecule has 198 valence electrons. The second-order valence-electron chi connectivity index (χ2n) is 11.5. The Kier molecular flexibility index (Phi) is 8.76. The molecular weight excluding hydrogens is 448 g/mol. The van der Waals surface area contributed by atoms with E-state index in [1.165, 1.54) is 30.4 Å². The van der Waals surface area contributed by atoms with Crippen molar-refractivity contribution in [1.82, 2.24) is 20.0 Å². The van der Waals surface area contributed by atoms with Crippen LogP contribution in [0.4, 0.5) is 4.79 Å². The number of nitrogens with one attached hydrogen (secondary N) is 1. The molecule has 36 heavy (non-hydrogen) atoms. The minimum absolute atomic E-state index is 0.0360. The second kappa shape index (κ2) is 11.8. The molecule has 1 saturated heterocycles. The minimum Gasteiger partial charge on any atom is -0.338 e. The Bertz CT molecular complexity index is 931. The third-order valence-electron chi connectivity index (χ3n) is 8.94. The summed E-state index contributed by atoms with van der Waals surface area (Å²) in [6.45, 7) is 15.1. The number of carbonyl (C=O) groups is 2. The van der Waals surface area contributed by atoms with Crippen molar-refractivity contribution in [3.63, 3.8) is 0 Å². The third kappa shape index (κ3) is 5.96. The molecule has 2 bridgehead atoms. The van der Waals surface area contributed by atoms with Crippen molar-refractivity contribution in [3.8, 4) is 0 Å². The smallest absolute Gasteiger partial charge is 0.317 e. The Morgan fingerprint density at radius 3 is 2.42 bits per heavy atom. The number of allylic oxidation sites excluding steroid dienone is 1. The van der Waals surface area contributed by atoms with Gasteiger partial charge < -0.3 is 15.1 Å². The van der Waals surface area contributed by atoms with Gasteiger partial charge in [-0.25, -0.2) is 4.79 Å². The number of rotatable bonds is 10. The van der Waals surface area contributed by atoms with E-state index in [0.717, 1.165) is 63.6 Å². The lowest BCUT2D eigenvalue weighted by atomic mass is 9.49. The van der Waals surface area contributed by atoms with Crippen LogP contribution < -0.4 is 5.32 Å². The van der Waals surface area contributed by atoms with Crippen molar-refractivity contribution in [3.05, 3.63) is 47.0 Å². The van der Waals surface area contributed by atoms with Gasteiger partial charge in [-0.2, -0.15) is 0 Å². The molecule has 0 radical (unpaired) electrons. The van der Waals surface area contributed by atoms with Crippen LogP contribution in [-0.4, -0.2) is 79.0 Å². The number of carbonyl (C=O) groups excluding carboxylic acids is 2. The van der Waals surface area contributed by atoms with Crippen LogP contribution in [0.3, 0.4) is 0 Å². The van der Waals surface area contributed by atoms with Crippen molar-refractivity contribution >= 4 is 11.9 Å². The molecule has 5 rings (SSSR count). The molecule has 3 amide bonds. The Labute approximate surface area is 218 Å². The van der Waals surface area contributed by atoms with Crippen LogP contribution in [0.15, 0.2) is 35.9 Å². The number of urea groups is 1. The number of piperazine rings is 1. The zero-order valence-corrected chi connectivity index (χ0v) is 22.9. The summed E-state index contributed by atoms with van der Waals surface area (Å²) in [7, 11) is 0. The number of amides is 3. The Hall–Kier alpha value is -2.34. The summed E-state index contributed by atoms with van der Waals surface area (Å²) in [6.07, 6.45) is 8.27. The van der Waals surface area contributed by atoms with Crippen molar-refractivity contribution in [1.29, 1.82) is 0 Å². The number of hydrogen-bond donors (Lipinski definition) is 1. The van der Waals surface area contributed by atoms with E-state index in [2.05, 4.69) is 49.2 Å². The summed E-state index contributed by atoms with van der Waals surface area (Å²) in [5.74, 6) is 1.55. The second-order valence-corrected chi connectivity index (χ2v) is 11.5. The first-order chi connectivity index (χ1) is 17.3. The van der Waals surface area contributed by atoms with Crippen LogP contribution in [0.1, 0.15) is 69.3 Å². The summed E-state index contributed by atoms with van der Waals surface area (Å²) in [4.78, 5) is 32.2. The highest BCUT2D eigenvalue weighted by Gasteiger charge is 2.51. The highest BCUT2D eigenvalue weighted by atomic mass is 16.2. The van der Waals surface area contributed by atoms with E-state index in [4.69, 9.17) is 0 Å². The van der Waals surface area contributed by atoms with Gasteiger partial charge in [-0.05, 0) is 67.6 Å². The number of hydrogen-bond acceptors (Lipinski definition) is 3. The van der Waals surface area contributed by atoms with Gasteiger partial charge in [0.1, 0.15) is 0 Å². The lowest BCUT2D eigenvalue weighted by Crippen LogP contribution is -2.53. The normalized spacial score (nSPS) is 23.0. The van der Waals surface area contributed by atoms with Crippen LogP contribution in [0, 0.1) is 17.3 Å². The van der Waals surface area contributed by atoms with Crippen LogP contribution in [0.2, 0.25) is 0 Å². The SMILES string of the molecule is CCCCc1ccc(C(=O)N2CCN(CCN(CC3=CCC4CC3C4(C)C)C(=O)NCC)CC2)cc1. The first kappa shape index (κ1) is 26.7. The molecule has 6 nitrogen and oxygen atoms in total. The van der Waals surface area contributed by atoms with E-state index in [1.807, 2.05) is 28.9 Å². The number of fused-ring (bicyclic) bond motifs is 1. The van der Waals surface area contributed by atoms with Gasteiger partial charge in [0, 0.05) is 57.9 Å². The van der Waals surface area contributed by atoms with Crippen molar-refractivity contribution in [2.75, 3.05) is 52.4 Å². The van der Waals surface area contributed by atoms with E-state index in [0.29, 0.717) is 24.4 Å². The molecule has 1 saturated carbocycles. The number of aryl methyl sites for hydroxylation is 1. The van der Waals surface area contributed by atoms with E-state index < -0.39 is 0 Å². The lowest BCUT2D eigenvalue weighted by molar-refractivity contribution is -0.00984. The highest BCUT2D eigenvalue weighted by molar-refractivity contribution is 5.94. The summed E-state index contributed by atoms with van der Waals surface area (Å²) < 4.78 is 0. The van der Waals surface area contributed by atoms with E-state index >= 15 is 0 Å². The van der Waals surface area contributed by atoms with Gasteiger partial charge in [0.2, 0.25) is 0 Å². The summed E-state index contributed by atoms with van der Waals surface area (Å²) in [6, 6.07) is 8.20. The van der Waals surface area contributed by atoms with Gasteiger partial charge >= 0.3 is 6.03 Å². The lowest BCUT2D eigenvalue weighted by Gasteiger charge is -2.57. The number of nitrogens with zero attached hydrogens (tertiary/aromatic N) is 3. The fraction of sp³-hybridized carbons (Fsp3) is 0.667. The standard InChI is InChI=1S/C30H46N4O2/c1-5-7-8-23-9-11-24(12-10-23)28(35)33-18-15-32(16-19-33)17-20-34(29(36)31-6-2)22-25-13-14-26-21-27(25)30(26,3)4/h9-13,26-27H,5-8,14-22H2,1-4H3,(H,31,36). The molecule has 1 N–H and O–H groups in total. The molecule has 2 fully saturated rings. The Morgan fingerprint density at radius 2 is 1.81 bits per heavy atom. The first-order valence-electron chi connectivity index (χ1n) is 14.2. The fourth-order valence-corrected chi connectivity index (χ4v) is 6.21. The maximum atomic E-state index is 13.0. The van der Waals surface area contributed by atoms with Crippen LogP contribution in [-0.2, 0) is 6.42 Å². The minimum atomic E-state index is 0.0360. The molecule has 2 unspecified atom stereocenters. The topological polar surface area (TPSA) is 55.9 Å². The number of benzene rings is 1. The maximum Gasteiger partial charge on any atom is 0.317 e. The molecule has 2 atom stereocenters. The molecule has 4 aliphatic rings. The Balaban J connectivity index is 1.27. The molecule has 0 spiro atoms. The van der Waals surface area contributed by atoms with Gasteiger partial charge in [0.25, 0.3) is 5.91 Å². The third-order valence-corrected chi connectivity index (χ3v) is 8.94. The molecule has 1 heterocycles. The summed E-state index contributed by atoms with van der Waals surface area (Å²) in [5.41, 5.74) is 3.91. The molecule has 3 aliphatic carbocycles. The average molecular weight is 495 g/mol.